The number of non-ortho nitro benzene ring substituents is 1. The van der Waals surface area contributed by atoms with Gasteiger partial charge in [-0.3, -0.25) is 29.4 Å². The molecule has 0 aromatic heterocycles. The van der Waals surface area contributed by atoms with Crippen LogP contribution in [-0.2, 0) is 14.4 Å². The summed E-state index contributed by atoms with van der Waals surface area (Å²) < 4.78 is 5.95. The van der Waals surface area contributed by atoms with Crippen LogP contribution in [0.25, 0.3) is 6.08 Å². The number of nitrogens with zero attached hydrogens (tertiary/aromatic N) is 3. The number of hydrogen-bond acceptors (Lipinski definition) is 9. The molecule has 13 heteroatoms. The summed E-state index contributed by atoms with van der Waals surface area (Å²) in [4.78, 5) is 50.0. The summed E-state index contributed by atoms with van der Waals surface area (Å²) in [5.74, 6) is -1.92. The lowest BCUT2D eigenvalue weighted by Crippen LogP contribution is -2.33. The molecule has 0 unspecified atom stereocenters. The quantitative estimate of drug-likeness (QED) is 0.186. The van der Waals surface area contributed by atoms with Gasteiger partial charge in [-0.25, -0.2) is 0 Å². The summed E-state index contributed by atoms with van der Waals surface area (Å²) in [7, 11) is 0. The first-order valence-electron chi connectivity index (χ1n) is 11.2. The molecule has 1 fully saturated rings. The number of anilines is 2. The number of carboxylic acids is 1. The Morgan fingerprint density at radius 2 is 1.97 bits per heavy atom. The highest BCUT2D eigenvalue weighted by atomic mass is 32.2. The zero-order chi connectivity index (χ0) is 27.1. The fraction of sp³-hybridized carbons (Fsp3) is 0.250. The Balaban J connectivity index is 1.84. The third-order valence-electron chi connectivity index (χ3n) is 5.28. The summed E-state index contributed by atoms with van der Waals surface area (Å²) in [6.45, 7) is 4.53. The molecule has 0 aliphatic carbocycles. The summed E-state index contributed by atoms with van der Waals surface area (Å²) in [6, 6.07) is 10.9. The van der Waals surface area contributed by atoms with Crippen molar-refractivity contribution in [3.8, 4) is 5.75 Å². The molecule has 3 rings (SSSR count). The Kier molecular flexibility index (Phi) is 9.20. The molecule has 37 heavy (non-hydrogen) atoms. The van der Waals surface area contributed by atoms with Gasteiger partial charge in [-0.2, -0.15) is 0 Å². The maximum Gasteiger partial charge on any atom is 0.323 e. The largest absolute Gasteiger partial charge is 0.483 e. The van der Waals surface area contributed by atoms with Gasteiger partial charge < -0.3 is 20.1 Å². The molecule has 2 amide bonds. The van der Waals surface area contributed by atoms with Crippen molar-refractivity contribution < 1.29 is 29.2 Å². The highest BCUT2D eigenvalue weighted by molar-refractivity contribution is 8.26. The molecule has 1 saturated heterocycles. The second-order valence-corrected chi connectivity index (χ2v) is 9.38. The minimum Gasteiger partial charge on any atom is -0.483 e. The van der Waals surface area contributed by atoms with Crippen LogP contribution in [0.3, 0.4) is 0 Å². The van der Waals surface area contributed by atoms with Gasteiger partial charge in [-0.05, 0) is 38.1 Å². The number of hydrogen-bond donors (Lipinski definition) is 2. The normalized spacial score (nSPS) is 14.1. The Morgan fingerprint density at radius 3 is 2.62 bits per heavy atom. The van der Waals surface area contributed by atoms with Gasteiger partial charge >= 0.3 is 5.97 Å². The Bertz CT molecular complexity index is 1280. The molecular formula is C24H24N4O7S2. The first kappa shape index (κ1) is 27.6. The van der Waals surface area contributed by atoms with E-state index < -0.39 is 35.9 Å². The van der Waals surface area contributed by atoms with Crippen LogP contribution < -0.4 is 15.0 Å². The molecule has 11 nitrogen and oxygen atoms in total. The monoisotopic (exact) mass is 544 g/mol. The summed E-state index contributed by atoms with van der Waals surface area (Å²) in [5, 5.41) is 22.6. The molecule has 0 saturated carbocycles. The van der Waals surface area contributed by atoms with Crippen LogP contribution in [-0.4, -0.2) is 63.3 Å². The molecule has 2 N–H and O–H groups in total. The number of nitrogens with one attached hydrogen (secondary N) is 1. The number of nitro benzene ring substituents is 1. The molecule has 1 aliphatic heterocycles. The smallest absolute Gasteiger partial charge is 0.323 e. The Labute approximate surface area is 222 Å². The standard InChI is InChI=1S/C24H24N4O7S2/c1-3-26(4-2)17-9-8-15(10-20-23(32)27(13-22(30)31)24(36)37-20)19(12-17)35-14-21(29)25-16-6-5-7-18(11-16)28(33)34/h5-12H,3-4,13-14H2,1-2H3,(H,25,29)(H,30,31). The Hall–Kier alpha value is -3.97. The molecule has 2 aromatic rings. The van der Waals surface area contributed by atoms with Gasteiger partial charge in [0.2, 0.25) is 0 Å². The average Bonchev–Trinajstić information content (AvgIpc) is 3.11. The van der Waals surface area contributed by atoms with E-state index in [1.807, 2.05) is 19.9 Å². The van der Waals surface area contributed by atoms with Gasteiger partial charge in [-0.15, -0.1) is 0 Å². The molecule has 1 heterocycles. The van der Waals surface area contributed by atoms with Crippen LogP contribution in [0.15, 0.2) is 47.4 Å². The molecule has 2 aromatic carbocycles. The van der Waals surface area contributed by atoms with Crippen LogP contribution in [0, 0.1) is 10.1 Å². The van der Waals surface area contributed by atoms with Crippen molar-refractivity contribution in [1.29, 1.82) is 0 Å². The molecule has 1 aliphatic rings. The number of amides is 2. The number of nitro groups is 1. The van der Waals surface area contributed by atoms with Crippen LogP contribution in [0.5, 0.6) is 5.75 Å². The number of benzene rings is 2. The van der Waals surface area contributed by atoms with Crippen molar-refractivity contribution in [3.05, 3.63) is 63.0 Å². The number of thiocarbonyl (C=S) groups is 1. The number of aliphatic carboxylic acids is 1. The SMILES string of the molecule is CCN(CC)c1ccc(C=C2SC(=S)N(CC(=O)O)C2=O)c(OCC(=O)Nc2cccc([N+](=O)[O-])c2)c1. The average molecular weight is 545 g/mol. The zero-order valence-electron chi connectivity index (χ0n) is 20.0. The van der Waals surface area contributed by atoms with Gasteiger partial charge in [0.05, 0.1) is 9.83 Å². The molecule has 194 valence electrons. The number of ether oxygens (including phenoxy) is 1. The molecule has 0 spiro atoms. The van der Waals surface area contributed by atoms with Gasteiger partial charge in [-0.1, -0.05) is 30.0 Å². The van der Waals surface area contributed by atoms with E-state index in [4.69, 9.17) is 22.1 Å². The van der Waals surface area contributed by atoms with Gasteiger partial charge in [0, 0.05) is 48.2 Å². The summed E-state index contributed by atoms with van der Waals surface area (Å²) >= 11 is 6.13. The van der Waals surface area contributed by atoms with E-state index in [9.17, 15) is 24.5 Å². The highest BCUT2D eigenvalue weighted by Gasteiger charge is 2.33. The lowest BCUT2D eigenvalue weighted by atomic mass is 10.1. The van der Waals surface area contributed by atoms with Crippen molar-refractivity contribution in [3.63, 3.8) is 0 Å². The maximum absolute atomic E-state index is 12.7. The van der Waals surface area contributed by atoms with Crippen LogP contribution >= 0.6 is 24.0 Å². The van der Waals surface area contributed by atoms with Crippen molar-refractivity contribution >= 4 is 69.2 Å². The highest BCUT2D eigenvalue weighted by Crippen LogP contribution is 2.35. The minimum absolute atomic E-state index is 0.136. The summed E-state index contributed by atoms with van der Waals surface area (Å²) in [6.07, 6.45) is 1.54. The predicted molar refractivity (Wildman–Crippen MR) is 145 cm³/mol. The van der Waals surface area contributed by atoms with E-state index in [0.29, 0.717) is 11.3 Å². The zero-order valence-corrected chi connectivity index (χ0v) is 21.6. The second kappa shape index (κ2) is 12.3. The first-order valence-corrected chi connectivity index (χ1v) is 12.4. The number of carboxylic acid groups (broad SMARTS) is 1. The van der Waals surface area contributed by atoms with E-state index in [1.54, 1.807) is 18.2 Å². The van der Waals surface area contributed by atoms with E-state index in [0.717, 1.165) is 35.4 Å². The van der Waals surface area contributed by atoms with Crippen molar-refractivity contribution in [2.24, 2.45) is 0 Å². The maximum atomic E-state index is 12.7. The number of rotatable bonds is 11. The predicted octanol–water partition coefficient (Wildman–Crippen LogP) is 3.74. The van der Waals surface area contributed by atoms with Crippen LogP contribution in [0.2, 0.25) is 0 Å². The van der Waals surface area contributed by atoms with Gasteiger partial charge in [0.1, 0.15) is 16.6 Å². The minimum atomic E-state index is -1.18. The molecule has 0 bridgehead atoms. The topological polar surface area (TPSA) is 142 Å². The van der Waals surface area contributed by atoms with Gasteiger partial charge in [0.15, 0.2) is 6.61 Å². The van der Waals surface area contributed by atoms with Crippen LogP contribution in [0.1, 0.15) is 19.4 Å². The fourth-order valence-electron chi connectivity index (χ4n) is 3.50. The lowest BCUT2D eigenvalue weighted by molar-refractivity contribution is -0.384. The first-order chi connectivity index (χ1) is 17.6. The van der Waals surface area contributed by atoms with Crippen molar-refractivity contribution in [2.45, 2.75) is 13.8 Å². The van der Waals surface area contributed by atoms with Crippen LogP contribution in [0.4, 0.5) is 17.1 Å². The van der Waals surface area contributed by atoms with E-state index in [2.05, 4.69) is 10.2 Å². The molecule has 0 atom stereocenters. The third-order valence-corrected chi connectivity index (χ3v) is 6.66. The second-order valence-electron chi connectivity index (χ2n) is 7.70. The number of carbonyl (C=O) groups excluding carboxylic acids is 2. The van der Waals surface area contributed by atoms with Gasteiger partial charge in [0.25, 0.3) is 17.5 Å². The lowest BCUT2D eigenvalue weighted by Gasteiger charge is -2.22. The van der Waals surface area contributed by atoms with E-state index in [-0.39, 0.29) is 20.6 Å². The van der Waals surface area contributed by atoms with E-state index >= 15 is 0 Å². The van der Waals surface area contributed by atoms with E-state index in [1.165, 1.54) is 24.3 Å². The third kappa shape index (κ3) is 7.05. The van der Waals surface area contributed by atoms with Crippen molar-refractivity contribution in [1.82, 2.24) is 4.90 Å². The molecule has 0 radical (unpaired) electrons. The van der Waals surface area contributed by atoms with Crippen molar-refractivity contribution in [2.75, 3.05) is 36.5 Å². The summed E-state index contributed by atoms with van der Waals surface area (Å²) in [5.41, 5.74) is 1.43. The number of carbonyl (C=O) groups is 3. The number of thioether (sulfide) groups is 1. The fourth-order valence-corrected chi connectivity index (χ4v) is 4.75. The molecular weight excluding hydrogens is 520 g/mol. The Morgan fingerprint density at radius 1 is 1.24 bits per heavy atom.